The highest BCUT2D eigenvalue weighted by Crippen LogP contribution is 2.23. The maximum absolute atomic E-state index is 12.7. The van der Waals surface area contributed by atoms with Crippen molar-refractivity contribution < 1.29 is 19.4 Å². The summed E-state index contributed by atoms with van der Waals surface area (Å²) in [5.74, 6) is -0.991. The summed E-state index contributed by atoms with van der Waals surface area (Å²) < 4.78 is 5.87. The maximum atomic E-state index is 12.7. The number of carboxylic acids is 1. The van der Waals surface area contributed by atoms with E-state index >= 15 is 0 Å². The quantitative estimate of drug-likeness (QED) is 0.403. The summed E-state index contributed by atoms with van der Waals surface area (Å²) in [5.41, 5.74) is 4.18. The van der Waals surface area contributed by atoms with E-state index < -0.39 is 11.9 Å². The summed E-state index contributed by atoms with van der Waals surface area (Å²) in [7, 11) is 0. The Hall–Kier alpha value is -4.37. The molecule has 0 heterocycles. The van der Waals surface area contributed by atoms with E-state index in [0.29, 0.717) is 17.0 Å². The second-order valence-corrected chi connectivity index (χ2v) is 7.33. The van der Waals surface area contributed by atoms with Gasteiger partial charge in [-0.1, -0.05) is 36.4 Å². The van der Waals surface area contributed by atoms with Gasteiger partial charge in [-0.05, 0) is 66.9 Å². The Morgan fingerprint density at radius 2 is 1.69 bits per heavy atom. The van der Waals surface area contributed by atoms with Crippen molar-refractivity contribution in [1.82, 2.24) is 0 Å². The molecular formula is C26H22N2O4. The molecule has 0 saturated heterocycles. The van der Waals surface area contributed by atoms with Crippen molar-refractivity contribution in [2.24, 2.45) is 0 Å². The van der Waals surface area contributed by atoms with Crippen LogP contribution in [0.2, 0.25) is 0 Å². The Balaban J connectivity index is 1.77. The van der Waals surface area contributed by atoms with Crippen molar-refractivity contribution in [3.63, 3.8) is 0 Å². The predicted molar refractivity (Wildman–Crippen MR) is 122 cm³/mol. The van der Waals surface area contributed by atoms with Crippen molar-refractivity contribution >= 4 is 23.6 Å². The van der Waals surface area contributed by atoms with Crippen LogP contribution in [0.5, 0.6) is 5.75 Å². The Morgan fingerprint density at radius 3 is 2.31 bits per heavy atom. The monoisotopic (exact) mass is 426 g/mol. The van der Waals surface area contributed by atoms with Gasteiger partial charge in [0.05, 0.1) is 5.56 Å². The van der Waals surface area contributed by atoms with Crippen LogP contribution in [0.25, 0.3) is 6.08 Å². The number of hydrogen-bond donors (Lipinski definition) is 2. The lowest BCUT2D eigenvalue weighted by Gasteiger charge is -2.10. The smallest absolute Gasteiger partial charge is 0.335 e. The molecule has 0 aromatic heterocycles. The average molecular weight is 426 g/mol. The molecule has 0 aliphatic carbocycles. The average Bonchev–Trinajstić information content (AvgIpc) is 2.76. The number of rotatable bonds is 7. The molecule has 0 fully saturated rings. The van der Waals surface area contributed by atoms with Gasteiger partial charge in [0.15, 0.2) is 0 Å². The molecule has 3 aromatic rings. The number of hydrogen-bond acceptors (Lipinski definition) is 4. The second kappa shape index (κ2) is 10.1. The maximum Gasteiger partial charge on any atom is 0.335 e. The van der Waals surface area contributed by atoms with Crippen LogP contribution >= 0.6 is 0 Å². The van der Waals surface area contributed by atoms with Crippen LogP contribution in [0.15, 0.2) is 72.3 Å². The Bertz CT molecular complexity index is 1200. The largest absolute Gasteiger partial charge is 0.488 e. The predicted octanol–water partition coefficient (Wildman–Crippen LogP) is 5.13. The molecule has 6 heteroatoms. The van der Waals surface area contributed by atoms with Gasteiger partial charge in [0, 0.05) is 11.3 Å². The number of carbonyl (C=O) groups is 2. The first-order valence-corrected chi connectivity index (χ1v) is 9.91. The number of ether oxygens (including phenoxy) is 1. The van der Waals surface area contributed by atoms with Crippen LogP contribution in [-0.4, -0.2) is 17.0 Å². The van der Waals surface area contributed by atoms with Gasteiger partial charge in [-0.2, -0.15) is 5.26 Å². The standard InChI is InChI=1S/C26H22N2O4/c1-17-11-18(2)13-23(12-17)28-25(29)22(15-27)14-21-5-3-4-6-24(21)32-16-19-7-9-20(10-8-19)26(30)31/h3-14H,16H2,1-2H3,(H,28,29)(H,30,31)/b22-14-. The normalized spacial score (nSPS) is 10.8. The summed E-state index contributed by atoms with van der Waals surface area (Å²) in [5, 5.41) is 21.3. The van der Waals surface area contributed by atoms with Gasteiger partial charge in [-0.3, -0.25) is 4.79 Å². The first-order valence-electron chi connectivity index (χ1n) is 9.91. The summed E-state index contributed by atoms with van der Waals surface area (Å²) in [4.78, 5) is 23.6. The zero-order valence-corrected chi connectivity index (χ0v) is 17.8. The zero-order valence-electron chi connectivity index (χ0n) is 17.8. The van der Waals surface area contributed by atoms with Crippen molar-refractivity contribution in [2.45, 2.75) is 20.5 Å². The molecule has 0 saturated carbocycles. The van der Waals surface area contributed by atoms with E-state index in [1.165, 1.54) is 18.2 Å². The number of anilines is 1. The lowest BCUT2D eigenvalue weighted by atomic mass is 10.1. The molecule has 1 amide bonds. The fourth-order valence-electron chi connectivity index (χ4n) is 3.19. The molecule has 160 valence electrons. The number of aromatic carboxylic acids is 1. The van der Waals surface area contributed by atoms with E-state index in [2.05, 4.69) is 5.32 Å². The fourth-order valence-corrected chi connectivity index (χ4v) is 3.19. The molecule has 0 radical (unpaired) electrons. The van der Waals surface area contributed by atoms with Gasteiger partial charge < -0.3 is 15.2 Å². The number of nitriles is 1. The van der Waals surface area contributed by atoms with Crippen molar-refractivity contribution in [3.05, 3.63) is 100 Å². The first kappa shape index (κ1) is 22.3. The van der Waals surface area contributed by atoms with Crippen LogP contribution < -0.4 is 10.1 Å². The lowest BCUT2D eigenvalue weighted by molar-refractivity contribution is -0.112. The Kier molecular flexibility index (Phi) is 7.04. The SMILES string of the molecule is Cc1cc(C)cc(NC(=O)/C(C#N)=C\c2ccccc2OCc2ccc(C(=O)O)cc2)c1. The number of nitrogens with zero attached hydrogens (tertiary/aromatic N) is 1. The topological polar surface area (TPSA) is 99.4 Å². The third-order valence-electron chi connectivity index (χ3n) is 4.66. The number of aryl methyl sites for hydroxylation is 2. The molecule has 6 nitrogen and oxygen atoms in total. The number of para-hydroxylation sites is 1. The van der Waals surface area contributed by atoms with Crippen molar-refractivity contribution in [1.29, 1.82) is 5.26 Å². The minimum absolute atomic E-state index is 0.0500. The van der Waals surface area contributed by atoms with E-state index in [-0.39, 0.29) is 17.7 Å². The van der Waals surface area contributed by atoms with Crippen LogP contribution in [0.4, 0.5) is 5.69 Å². The molecular weight excluding hydrogens is 404 g/mol. The van der Waals surface area contributed by atoms with Gasteiger partial charge in [-0.25, -0.2) is 4.79 Å². The molecule has 0 aliphatic heterocycles. The second-order valence-electron chi connectivity index (χ2n) is 7.33. The van der Waals surface area contributed by atoms with Gasteiger partial charge in [0.2, 0.25) is 0 Å². The first-order chi connectivity index (χ1) is 15.4. The summed E-state index contributed by atoms with van der Waals surface area (Å²) in [6.07, 6.45) is 1.49. The summed E-state index contributed by atoms with van der Waals surface area (Å²) in [6, 6.07) is 21.1. The van der Waals surface area contributed by atoms with Gasteiger partial charge in [-0.15, -0.1) is 0 Å². The van der Waals surface area contributed by atoms with E-state index in [9.17, 15) is 14.9 Å². The molecule has 0 atom stereocenters. The highest BCUT2D eigenvalue weighted by molar-refractivity contribution is 6.09. The van der Waals surface area contributed by atoms with E-state index in [1.54, 1.807) is 36.4 Å². The van der Waals surface area contributed by atoms with Crippen molar-refractivity contribution in [3.8, 4) is 11.8 Å². The fraction of sp³-hybridized carbons (Fsp3) is 0.115. The van der Waals surface area contributed by atoms with Crippen LogP contribution in [0.3, 0.4) is 0 Å². The zero-order chi connectivity index (χ0) is 23.1. The summed E-state index contributed by atoms with van der Waals surface area (Å²) >= 11 is 0. The van der Waals surface area contributed by atoms with Crippen LogP contribution in [0, 0.1) is 25.2 Å². The number of benzene rings is 3. The molecule has 32 heavy (non-hydrogen) atoms. The Labute approximate surface area is 186 Å². The molecule has 2 N–H and O–H groups in total. The molecule has 3 aromatic carbocycles. The molecule has 0 bridgehead atoms. The number of amides is 1. The van der Waals surface area contributed by atoms with Crippen molar-refractivity contribution in [2.75, 3.05) is 5.32 Å². The molecule has 0 spiro atoms. The highest BCUT2D eigenvalue weighted by Gasteiger charge is 2.12. The van der Waals surface area contributed by atoms with E-state index in [1.807, 2.05) is 38.1 Å². The number of nitrogens with one attached hydrogen (secondary N) is 1. The number of carbonyl (C=O) groups excluding carboxylic acids is 1. The minimum atomic E-state index is -0.990. The Morgan fingerprint density at radius 1 is 1.03 bits per heavy atom. The molecule has 0 aliphatic rings. The minimum Gasteiger partial charge on any atom is -0.488 e. The van der Waals surface area contributed by atoms with E-state index in [4.69, 9.17) is 9.84 Å². The van der Waals surface area contributed by atoms with Gasteiger partial charge in [0.1, 0.15) is 24.0 Å². The number of carboxylic acid groups (broad SMARTS) is 1. The highest BCUT2D eigenvalue weighted by atomic mass is 16.5. The third-order valence-corrected chi connectivity index (χ3v) is 4.66. The van der Waals surface area contributed by atoms with E-state index in [0.717, 1.165) is 16.7 Å². The summed E-state index contributed by atoms with van der Waals surface area (Å²) in [6.45, 7) is 4.08. The van der Waals surface area contributed by atoms with Gasteiger partial charge >= 0.3 is 5.97 Å². The lowest BCUT2D eigenvalue weighted by Crippen LogP contribution is -2.13. The van der Waals surface area contributed by atoms with Crippen LogP contribution in [-0.2, 0) is 11.4 Å². The third kappa shape index (κ3) is 5.83. The molecule has 3 rings (SSSR count). The van der Waals surface area contributed by atoms with Gasteiger partial charge in [0.25, 0.3) is 5.91 Å². The molecule has 0 unspecified atom stereocenters. The van der Waals surface area contributed by atoms with Crippen LogP contribution in [0.1, 0.15) is 32.6 Å².